The number of hydrogen-bond donors (Lipinski definition) is 1. The highest BCUT2D eigenvalue weighted by Gasteiger charge is 2.01. The van der Waals surface area contributed by atoms with E-state index in [1.54, 1.807) is 29.8 Å². The maximum absolute atomic E-state index is 11.8. The summed E-state index contributed by atoms with van der Waals surface area (Å²) in [7, 11) is 0. The molecule has 0 atom stereocenters. The molecule has 0 aliphatic rings. The van der Waals surface area contributed by atoms with E-state index in [0.29, 0.717) is 12.4 Å². The van der Waals surface area contributed by atoms with E-state index in [-0.39, 0.29) is 5.56 Å². The first-order chi connectivity index (χ1) is 7.66. The van der Waals surface area contributed by atoms with Crippen molar-refractivity contribution in [3.8, 4) is 0 Å². The number of rotatable bonds is 2. The molecule has 0 amide bonds. The Hall–Kier alpha value is -2.10. The molecule has 4 heteroatoms. The molecule has 2 aromatic rings. The largest absolute Gasteiger partial charge is 0.384 e. The van der Waals surface area contributed by atoms with E-state index in [4.69, 9.17) is 5.73 Å². The summed E-state index contributed by atoms with van der Waals surface area (Å²) in [5.41, 5.74) is 7.10. The summed E-state index contributed by atoms with van der Waals surface area (Å²) >= 11 is 0. The summed E-state index contributed by atoms with van der Waals surface area (Å²) in [6.07, 6.45) is 1.75. The van der Waals surface area contributed by atoms with Gasteiger partial charge in [-0.2, -0.15) is 0 Å². The maximum Gasteiger partial charge on any atom is 0.253 e. The molecular weight excluding hydrogens is 202 g/mol. The van der Waals surface area contributed by atoms with Gasteiger partial charge in [0.05, 0.1) is 12.2 Å². The second kappa shape index (κ2) is 4.18. The minimum absolute atomic E-state index is 0.00623. The van der Waals surface area contributed by atoms with Gasteiger partial charge in [-0.15, -0.1) is 0 Å². The molecule has 0 aliphatic carbocycles. The van der Waals surface area contributed by atoms with Gasteiger partial charge in [-0.05, 0) is 25.1 Å². The minimum Gasteiger partial charge on any atom is -0.384 e. The van der Waals surface area contributed by atoms with Crippen LogP contribution in [-0.4, -0.2) is 9.55 Å². The number of pyridine rings is 2. The van der Waals surface area contributed by atoms with Gasteiger partial charge in [0.25, 0.3) is 5.56 Å². The van der Waals surface area contributed by atoms with Crippen LogP contribution in [0.3, 0.4) is 0 Å². The summed E-state index contributed by atoms with van der Waals surface area (Å²) in [4.78, 5) is 15.9. The molecule has 2 N–H and O–H groups in total. The number of nitrogens with zero attached hydrogens (tertiary/aromatic N) is 2. The fourth-order valence-electron chi connectivity index (χ4n) is 1.54. The highest BCUT2D eigenvalue weighted by atomic mass is 16.1. The van der Waals surface area contributed by atoms with Crippen molar-refractivity contribution in [2.45, 2.75) is 13.5 Å². The van der Waals surface area contributed by atoms with E-state index in [9.17, 15) is 4.79 Å². The highest BCUT2D eigenvalue weighted by Crippen LogP contribution is 2.02. The quantitative estimate of drug-likeness (QED) is 0.818. The molecule has 0 unspecified atom stereocenters. The molecule has 0 aliphatic heterocycles. The first-order valence-corrected chi connectivity index (χ1v) is 5.04. The number of anilines is 1. The zero-order valence-corrected chi connectivity index (χ0v) is 9.05. The van der Waals surface area contributed by atoms with Crippen LogP contribution in [0.1, 0.15) is 11.3 Å². The van der Waals surface area contributed by atoms with Gasteiger partial charge in [-0.25, -0.2) is 4.98 Å². The first-order valence-electron chi connectivity index (χ1n) is 5.04. The van der Waals surface area contributed by atoms with Crippen LogP contribution in [-0.2, 0) is 6.54 Å². The standard InChI is InChI=1S/C12H13N3O/c1-9-4-3-7-15(12(9)16)8-10-5-2-6-11(13)14-10/h2-7H,8H2,1H3,(H2,13,14). The predicted molar refractivity (Wildman–Crippen MR) is 63.2 cm³/mol. The third-order valence-corrected chi connectivity index (χ3v) is 2.37. The molecule has 0 saturated carbocycles. The van der Waals surface area contributed by atoms with Crippen LogP contribution in [0.25, 0.3) is 0 Å². The fourth-order valence-corrected chi connectivity index (χ4v) is 1.54. The van der Waals surface area contributed by atoms with E-state index in [1.165, 1.54) is 0 Å². The fraction of sp³-hybridized carbons (Fsp3) is 0.167. The lowest BCUT2D eigenvalue weighted by molar-refractivity contribution is 0.734. The number of nitrogen functional groups attached to an aromatic ring is 1. The lowest BCUT2D eigenvalue weighted by Crippen LogP contribution is -2.22. The Kier molecular flexibility index (Phi) is 2.72. The van der Waals surface area contributed by atoms with Crippen molar-refractivity contribution in [1.82, 2.24) is 9.55 Å². The Balaban J connectivity index is 2.34. The normalized spacial score (nSPS) is 10.3. The zero-order valence-electron chi connectivity index (χ0n) is 9.05. The van der Waals surface area contributed by atoms with Crippen LogP contribution in [0, 0.1) is 6.92 Å². The van der Waals surface area contributed by atoms with Gasteiger partial charge in [0, 0.05) is 11.8 Å². The van der Waals surface area contributed by atoms with Crippen LogP contribution in [0.15, 0.2) is 41.3 Å². The van der Waals surface area contributed by atoms with Gasteiger partial charge < -0.3 is 10.3 Å². The second-order valence-electron chi connectivity index (χ2n) is 3.68. The van der Waals surface area contributed by atoms with Gasteiger partial charge in [0.1, 0.15) is 5.82 Å². The van der Waals surface area contributed by atoms with Crippen molar-refractivity contribution < 1.29 is 0 Å². The van der Waals surface area contributed by atoms with Crippen molar-refractivity contribution in [2.75, 3.05) is 5.73 Å². The van der Waals surface area contributed by atoms with E-state index in [1.807, 2.05) is 18.2 Å². The lowest BCUT2D eigenvalue weighted by atomic mass is 10.3. The minimum atomic E-state index is 0.00623. The molecule has 0 radical (unpaired) electrons. The van der Waals surface area contributed by atoms with E-state index >= 15 is 0 Å². The number of aromatic nitrogens is 2. The second-order valence-corrected chi connectivity index (χ2v) is 3.68. The van der Waals surface area contributed by atoms with Crippen molar-refractivity contribution in [2.24, 2.45) is 0 Å². The molecule has 2 aromatic heterocycles. The van der Waals surface area contributed by atoms with Gasteiger partial charge in [-0.3, -0.25) is 4.79 Å². The Bertz CT molecular complexity index is 560. The average Bonchev–Trinajstić information content (AvgIpc) is 2.25. The smallest absolute Gasteiger partial charge is 0.253 e. The number of hydrogen-bond acceptors (Lipinski definition) is 3. The van der Waals surface area contributed by atoms with Crippen LogP contribution in [0.4, 0.5) is 5.82 Å². The summed E-state index contributed by atoms with van der Waals surface area (Å²) in [6.45, 7) is 2.25. The number of aryl methyl sites for hydroxylation is 1. The van der Waals surface area contributed by atoms with Gasteiger partial charge in [0.2, 0.25) is 0 Å². The molecular formula is C12H13N3O. The summed E-state index contributed by atoms with van der Waals surface area (Å²) < 4.78 is 1.62. The molecule has 2 rings (SSSR count). The lowest BCUT2D eigenvalue weighted by Gasteiger charge is -2.06. The zero-order chi connectivity index (χ0) is 11.5. The third-order valence-electron chi connectivity index (χ3n) is 2.37. The number of nitrogens with two attached hydrogens (primary N) is 1. The molecule has 0 bridgehead atoms. The molecule has 82 valence electrons. The van der Waals surface area contributed by atoms with Crippen LogP contribution >= 0.6 is 0 Å². The van der Waals surface area contributed by atoms with Crippen molar-refractivity contribution >= 4 is 5.82 Å². The van der Waals surface area contributed by atoms with E-state index in [0.717, 1.165) is 11.3 Å². The Morgan fingerprint density at radius 1 is 1.31 bits per heavy atom. The summed E-state index contributed by atoms with van der Waals surface area (Å²) in [6, 6.07) is 9.06. The van der Waals surface area contributed by atoms with Crippen LogP contribution in [0.2, 0.25) is 0 Å². The Morgan fingerprint density at radius 2 is 2.12 bits per heavy atom. The first kappa shape index (κ1) is 10.4. The maximum atomic E-state index is 11.8. The van der Waals surface area contributed by atoms with Gasteiger partial charge in [0.15, 0.2) is 0 Å². The van der Waals surface area contributed by atoms with Crippen molar-refractivity contribution in [3.63, 3.8) is 0 Å². The molecule has 2 heterocycles. The van der Waals surface area contributed by atoms with E-state index in [2.05, 4.69) is 4.98 Å². The van der Waals surface area contributed by atoms with Crippen LogP contribution in [0.5, 0.6) is 0 Å². The highest BCUT2D eigenvalue weighted by molar-refractivity contribution is 5.28. The molecule has 16 heavy (non-hydrogen) atoms. The average molecular weight is 215 g/mol. The van der Waals surface area contributed by atoms with Crippen molar-refractivity contribution in [3.05, 3.63) is 58.1 Å². The van der Waals surface area contributed by atoms with Gasteiger partial charge >= 0.3 is 0 Å². The Labute approximate surface area is 93.4 Å². The topological polar surface area (TPSA) is 60.9 Å². The third kappa shape index (κ3) is 2.11. The predicted octanol–water partition coefficient (Wildman–Crippen LogP) is 1.18. The van der Waals surface area contributed by atoms with Crippen LogP contribution < -0.4 is 11.3 Å². The summed E-state index contributed by atoms with van der Waals surface area (Å²) in [5, 5.41) is 0. The molecule has 0 spiro atoms. The van der Waals surface area contributed by atoms with E-state index < -0.39 is 0 Å². The molecule has 4 nitrogen and oxygen atoms in total. The van der Waals surface area contributed by atoms with Gasteiger partial charge in [-0.1, -0.05) is 12.1 Å². The SMILES string of the molecule is Cc1cccn(Cc2cccc(N)n2)c1=O. The van der Waals surface area contributed by atoms with Crippen molar-refractivity contribution in [1.29, 1.82) is 0 Å². The monoisotopic (exact) mass is 215 g/mol. The molecule has 0 saturated heterocycles. The Morgan fingerprint density at radius 3 is 2.88 bits per heavy atom. The summed E-state index contributed by atoms with van der Waals surface area (Å²) in [5.74, 6) is 0.471. The molecule has 0 aromatic carbocycles. The molecule has 0 fully saturated rings.